The predicted octanol–water partition coefficient (Wildman–Crippen LogP) is 18.8. The summed E-state index contributed by atoms with van der Waals surface area (Å²) in [4.78, 5) is 37.8. The fraction of sp³-hybridized carbons (Fsp3) is 0.721. The minimum atomic E-state index is -0.775. The molecule has 0 spiro atoms. The van der Waals surface area contributed by atoms with Gasteiger partial charge in [0, 0.05) is 19.3 Å². The summed E-state index contributed by atoms with van der Waals surface area (Å²) in [5.41, 5.74) is 0. The Hall–Kier alpha value is -3.41. The molecule has 0 fully saturated rings. The topological polar surface area (TPSA) is 78.9 Å². The number of allylic oxidation sites excluding steroid dienone is 14. The monoisotopic (exact) mass is 933 g/mol. The van der Waals surface area contributed by atoms with Gasteiger partial charge in [0.05, 0.1) is 0 Å². The highest BCUT2D eigenvalue weighted by molar-refractivity contribution is 5.71. The first-order valence-electron chi connectivity index (χ1n) is 28.1. The van der Waals surface area contributed by atoms with Crippen molar-refractivity contribution in [3.63, 3.8) is 0 Å². The minimum Gasteiger partial charge on any atom is -0.462 e. The van der Waals surface area contributed by atoms with Crippen LogP contribution >= 0.6 is 0 Å². The third kappa shape index (κ3) is 53.4. The Morgan fingerprint density at radius 3 is 0.910 bits per heavy atom. The average Bonchev–Trinajstić information content (AvgIpc) is 3.33. The fourth-order valence-corrected chi connectivity index (χ4v) is 7.72. The Balaban J connectivity index is 4.16. The summed E-state index contributed by atoms with van der Waals surface area (Å²) in [7, 11) is 0. The molecule has 0 saturated heterocycles. The Labute approximate surface area is 414 Å². The van der Waals surface area contributed by atoms with Gasteiger partial charge < -0.3 is 14.2 Å². The van der Waals surface area contributed by atoms with Gasteiger partial charge >= 0.3 is 17.9 Å². The first-order chi connectivity index (χ1) is 33.0. The van der Waals surface area contributed by atoms with E-state index >= 15 is 0 Å². The van der Waals surface area contributed by atoms with E-state index in [9.17, 15) is 14.4 Å². The molecule has 0 aromatic heterocycles. The van der Waals surface area contributed by atoms with E-state index in [2.05, 4.69) is 106 Å². The van der Waals surface area contributed by atoms with Gasteiger partial charge in [-0.3, -0.25) is 14.4 Å². The summed E-state index contributed by atoms with van der Waals surface area (Å²) in [6, 6.07) is 0. The maximum Gasteiger partial charge on any atom is 0.306 e. The molecule has 6 heteroatoms. The van der Waals surface area contributed by atoms with Crippen molar-refractivity contribution in [1.82, 2.24) is 0 Å². The van der Waals surface area contributed by atoms with Crippen molar-refractivity contribution in [3.8, 4) is 0 Å². The van der Waals surface area contributed by atoms with Crippen molar-refractivity contribution in [2.24, 2.45) is 0 Å². The lowest BCUT2D eigenvalue weighted by atomic mass is 10.0. The molecule has 0 N–H and O–H groups in total. The second kappa shape index (κ2) is 55.2. The Bertz CT molecular complexity index is 1300. The number of unbranched alkanes of at least 4 members (excludes halogenated alkanes) is 25. The second-order valence-corrected chi connectivity index (χ2v) is 18.5. The van der Waals surface area contributed by atoms with Gasteiger partial charge in [-0.2, -0.15) is 0 Å². The molecule has 0 heterocycles. The number of esters is 3. The highest BCUT2D eigenvalue weighted by Gasteiger charge is 2.19. The maximum absolute atomic E-state index is 12.8. The van der Waals surface area contributed by atoms with Crippen LogP contribution in [0.5, 0.6) is 0 Å². The lowest BCUT2D eigenvalue weighted by Crippen LogP contribution is -2.30. The van der Waals surface area contributed by atoms with Gasteiger partial charge in [0.1, 0.15) is 13.2 Å². The van der Waals surface area contributed by atoms with Crippen molar-refractivity contribution < 1.29 is 28.6 Å². The molecule has 0 aliphatic rings. The second-order valence-electron chi connectivity index (χ2n) is 18.5. The van der Waals surface area contributed by atoms with Crippen molar-refractivity contribution in [2.75, 3.05) is 13.2 Å². The molecule has 0 aromatic carbocycles. The third-order valence-electron chi connectivity index (χ3n) is 11.9. The molecule has 0 bridgehead atoms. The summed E-state index contributed by atoms with van der Waals surface area (Å²) >= 11 is 0. The molecule has 1 atom stereocenters. The van der Waals surface area contributed by atoms with Crippen LogP contribution < -0.4 is 0 Å². The summed E-state index contributed by atoms with van der Waals surface area (Å²) in [5, 5.41) is 0. The van der Waals surface area contributed by atoms with Gasteiger partial charge in [0.25, 0.3) is 0 Å². The average molecular weight is 933 g/mol. The van der Waals surface area contributed by atoms with Gasteiger partial charge in [0.15, 0.2) is 6.10 Å². The number of carbonyl (C=O) groups excluding carboxylic acids is 3. The third-order valence-corrected chi connectivity index (χ3v) is 11.9. The molecular weight excluding hydrogens is 829 g/mol. The molecule has 0 saturated carbocycles. The lowest BCUT2D eigenvalue weighted by Gasteiger charge is -2.18. The van der Waals surface area contributed by atoms with Crippen molar-refractivity contribution in [2.45, 2.75) is 271 Å². The van der Waals surface area contributed by atoms with Crippen LogP contribution in [0.25, 0.3) is 0 Å². The van der Waals surface area contributed by atoms with E-state index in [1.54, 1.807) is 0 Å². The van der Waals surface area contributed by atoms with Gasteiger partial charge in [0.2, 0.25) is 0 Å². The molecule has 0 aromatic rings. The molecule has 0 rings (SSSR count). The van der Waals surface area contributed by atoms with Crippen molar-refractivity contribution >= 4 is 17.9 Å². The fourth-order valence-electron chi connectivity index (χ4n) is 7.72. The van der Waals surface area contributed by atoms with Crippen LogP contribution in [0.15, 0.2) is 85.1 Å². The van der Waals surface area contributed by atoms with E-state index in [0.717, 1.165) is 109 Å². The number of ether oxygens (including phenoxy) is 3. The standard InChI is InChI=1S/C61H104O6/c1-4-7-10-13-16-18-20-22-23-24-25-26-27-28-29-30-31-32-33-34-35-36-37-39-40-42-45-48-51-54-60(63)66-57-58(56-65-59(62)53-50-47-44-15-12-9-6-3)67-61(64)55-52-49-46-43-41-38-21-19-17-14-11-8-5-2/h7,10,16,18,22-23,25-26,28-29,31-32,34-35,58H,4-6,8-9,11-15,17,19-21,24,27,30,33,36-57H2,1-3H3/b10-7-,18-16-,23-22-,26-25-,29-28-,32-31-,35-34-. The molecule has 0 aliphatic carbocycles. The van der Waals surface area contributed by atoms with Crippen LogP contribution in [0.3, 0.4) is 0 Å². The molecule has 0 radical (unpaired) electrons. The summed E-state index contributed by atoms with van der Waals surface area (Å²) in [6.45, 7) is 6.48. The van der Waals surface area contributed by atoms with E-state index < -0.39 is 6.10 Å². The van der Waals surface area contributed by atoms with Crippen LogP contribution in [0.1, 0.15) is 265 Å². The number of rotatable bonds is 50. The number of hydrogen-bond acceptors (Lipinski definition) is 6. The van der Waals surface area contributed by atoms with Crippen LogP contribution in [-0.4, -0.2) is 37.2 Å². The summed E-state index contributed by atoms with van der Waals surface area (Å²) < 4.78 is 16.7. The van der Waals surface area contributed by atoms with Crippen molar-refractivity contribution in [1.29, 1.82) is 0 Å². The van der Waals surface area contributed by atoms with Gasteiger partial charge in [-0.25, -0.2) is 0 Å². The number of carbonyl (C=O) groups is 3. The molecule has 0 aliphatic heterocycles. The van der Waals surface area contributed by atoms with Crippen LogP contribution in [0.2, 0.25) is 0 Å². The molecule has 6 nitrogen and oxygen atoms in total. The largest absolute Gasteiger partial charge is 0.462 e. The SMILES string of the molecule is CC/C=C\C/C=C\C/C=C\C/C=C\C/C=C\C/C=C\C/C=C\CCCCCCCCCC(=O)OCC(COC(=O)CCCCCCCCC)OC(=O)CCCCCCCCCCCCCCC. The Morgan fingerprint density at radius 2 is 0.582 bits per heavy atom. The van der Waals surface area contributed by atoms with E-state index in [1.165, 1.54) is 116 Å². The minimum absolute atomic E-state index is 0.0772. The molecule has 0 amide bonds. The van der Waals surface area contributed by atoms with E-state index in [-0.39, 0.29) is 31.1 Å². The Kier molecular flexibility index (Phi) is 52.4. The van der Waals surface area contributed by atoms with E-state index in [4.69, 9.17) is 14.2 Å². The zero-order chi connectivity index (χ0) is 48.6. The van der Waals surface area contributed by atoms with Gasteiger partial charge in [-0.15, -0.1) is 0 Å². The molecular formula is C61H104O6. The Morgan fingerprint density at radius 1 is 0.313 bits per heavy atom. The first-order valence-corrected chi connectivity index (χ1v) is 28.1. The first kappa shape index (κ1) is 63.6. The zero-order valence-electron chi connectivity index (χ0n) is 43.9. The lowest BCUT2D eigenvalue weighted by molar-refractivity contribution is -0.167. The summed E-state index contributed by atoms with van der Waals surface area (Å²) in [5.74, 6) is -0.891. The quantitative estimate of drug-likeness (QED) is 0.0262. The van der Waals surface area contributed by atoms with E-state index in [0.29, 0.717) is 19.3 Å². The van der Waals surface area contributed by atoms with Crippen molar-refractivity contribution in [3.05, 3.63) is 85.1 Å². The predicted molar refractivity (Wildman–Crippen MR) is 288 cm³/mol. The van der Waals surface area contributed by atoms with Crippen LogP contribution in [-0.2, 0) is 28.6 Å². The summed E-state index contributed by atoms with van der Waals surface area (Å²) in [6.07, 6.45) is 71.7. The van der Waals surface area contributed by atoms with Gasteiger partial charge in [-0.1, -0.05) is 254 Å². The number of hydrogen-bond donors (Lipinski definition) is 0. The van der Waals surface area contributed by atoms with Gasteiger partial charge in [-0.05, 0) is 77.0 Å². The van der Waals surface area contributed by atoms with Crippen LogP contribution in [0, 0.1) is 0 Å². The molecule has 1 unspecified atom stereocenters. The zero-order valence-corrected chi connectivity index (χ0v) is 43.9. The highest BCUT2D eigenvalue weighted by Crippen LogP contribution is 2.15. The normalized spacial score (nSPS) is 12.7. The smallest absolute Gasteiger partial charge is 0.306 e. The highest BCUT2D eigenvalue weighted by atomic mass is 16.6. The van der Waals surface area contributed by atoms with Crippen LogP contribution in [0.4, 0.5) is 0 Å². The molecule has 384 valence electrons. The maximum atomic E-state index is 12.8. The molecule has 67 heavy (non-hydrogen) atoms. The van der Waals surface area contributed by atoms with E-state index in [1.807, 2.05) is 0 Å².